The van der Waals surface area contributed by atoms with Crippen molar-refractivity contribution in [3.05, 3.63) is 33.8 Å². The molecule has 22 heavy (non-hydrogen) atoms. The second kappa shape index (κ2) is 6.77. The Morgan fingerprint density at radius 3 is 2.82 bits per heavy atom. The first-order valence-electron chi connectivity index (χ1n) is 7.95. The van der Waals surface area contributed by atoms with Crippen LogP contribution in [0.25, 0.3) is 0 Å². The summed E-state index contributed by atoms with van der Waals surface area (Å²) in [6, 6.07) is 7.11. The van der Waals surface area contributed by atoms with Gasteiger partial charge in [0.2, 0.25) is 0 Å². The SMILES string of the molecule is CCC(=NOC)[C@@H]1[C@H]2CCC(C[C@H]1c1ccc(Cl)c(Cl)c1)N2. The van der Waals surface area contributed by atoms with E-state index in [2.05, 4.69) is 23.5 Å². The van der Waals surface area contributed by atoms with Crippen molar-refractivity contribution in [2.24, 2.45) is 11.1 Å². The van der Waals surface area contributed by atoms with E-state index in [-0.39, 0.29) is 0 Å². The van der Waals surface area contributed by atoms with E-state index in [4.69, 9.17) is 28.0 Å². The normalized spacial score (nSPS) is 31.4. The third kappa shape index (κ3) is 2.99. The molecule has 0 spiro atoms. The maximum atomic E-state index is 6.24. The van der Waals surface area contributed by atoms with Gasteiger partial charge in [0, 0.05) is 18.0 Å². The van der Waals surface area contributed by atoms with E-state index in [0.717, 1.165) is 18.6 Å². The van der Waals surface area contributed by atoms with Gasteiger partial charge in [-0.1, -0.05) is 41.3 Å². The fourth-order valence-electron chi connectivity index (χ4n) is 4.08. The standard InChI is InChI=1S/C17H22Cl2N2O/c1-3-15(21-22-2)17-12(9-11-5-7-16(17)20-11)10-4-6-13(18)14(19)8-10/h4,6,8,11-12,16-17,20H,3,5,7,9H2,1-2H3/t11?,12-,16+,17+/m0/s1. The van der Waals surface area contributed by atoms with Crippen molar-refractivity contribution in [1.82, 2.24) is 5.32 Å². The molecule has 1 aromatic rings. The van der Waals surface area contributed by atoms with Crippen LogP contribution < -0.4 is 5.32 Å². The van der Waals surface area contributed by atoms with Crippen LogP contribution in [0.2, 0.25) is 10.0 Å². The van der Waals surface area contributed by atoms with Gasteiger partial charge in [0.15, 0.2) is 0 Å². The predicted octanol–water partition coefficient (Wildman–Crippen LogP) is 4.63. The zero-order valence-electron chi connectivity index (χ0n) is 13.0. The minimum atomic E-state index is 0.362. The van der Waals surface area contributed by atoms with Crippen molar-refractivity contribution >= 4 is 28.9 Å². The highest BCUT2D eigenvalue weighted by Gasteiger charge is 2.44. The topological polar surface area (TPSA) is 33.6 Å². The predicted molar refractivity (Wildman–Crippen MR) is 92.0 cm³/mol. The largest absolute Gasteiger partial charge is 0.399 e. The summed E-state index contributed by atoms with van der Waals surface area (Å²) in [7, 11) is 1.62. The van der Waals surface area contributed by atoms with Gasteiger partial charge in [-0.05, 0) is 49.3 Å². The Morgan fingerprint density at radius 2 is 2.14 bits per heavy atom. The summed E-state index contributed by atoms with van der Waals surface area (Å²) in [6.07, 6.45) is 4.46. The first kappa shape index (κ1) is 16.1. The molecule has 1 N–H and O–H groups in total. The number of rotatable bonds is 4. The van der Waals surface area contributed by atoms with Gasteiger partial charge in [-0.2, -0.15) is 0 Å². The summed E-state index contributed by atoms with van der Waals surface area (Å²) in [5.74, 6) is 0.781. The van der Waals surface area contributed by atoms with Gasteiger partial charge in [-0.3, -0.25) is 0 Å². The molecule has 2 fully saturated rings. The van der Waals surface area contributed by atoms with E-state index in [1.54, 1.807) is 7.11 Å². The van der Waals surface area contributed by atoms with Crippen molar-refractivity contribution in [1.29, 1.82) is 0 Å². The van der Waals surface area contributed by atoms with Crippen LogP contribution in [0, 0.1) is 5.92 Å². The lowest BCUT2D eigenvalue weighted by Gasteiger charge is -2.38. The highest BCUT2D eigenvalue weighted by atomic mass is 35.5. The average Bonchev–Trinajstić information content (AvgIpc) is 2.90. The smallest absolute Gasteiger partial charge is 0.106 e. The maximum Gasteiger partial charge on any atom is 0.106 e. The molecule has 120 valence electrons. The highest BCUT2D eigenvalue weighted by Crippen LogP contribution is 2.44. The summed E-state index contributed by atoms with van der Waals surface area (Å²) in [6.45, 7) is 2.14. The van der Waals surface area contributed by atoms with Gasteiger partial charge in [0.25, 0.3) is 0 Å². The molecular weight excluding hydrogens is 319 g/mol. The van der Waals surface area contributed by atoms with Gasteiger partial charge in [0.1, 0.15) is 7.11 Å². The monoisotopic (exact) mass is 340 g/mol. The number of fused-ring (bicyclic) bond motifs is 2. The minimum Gasteiger partial charge on any atom is -0.399 e. The lowest BCUT2D eigenvalue weighted by Crippen LogP contribution is -2.47. The zero-order valence-corrected chi connectivity index (χ0v) is 14.5. The Bertz CT molecular complexity index is 576. The zero-order chi connectivity index (χ0) is 15.7. The molecule has 0 saturated carbocycles. The third-order valence-corrected chi connectivity index (χ3v) is 5.75. The van der Waals surface area contributed by atoms with Crippen LogP contribution in [-0.4, -0.2) is 24.9 Å². The summed E-state index contributed by atoms with van der Waals surface area (Å²) in [5.41, 5.74) is 2.39. The lowest BCUT2D eigenvalue weighted by atomic mass is 9.74. The quantitative estimate of drug-likeness (QED) is 0.640. The molecule has 1 aromatic carbocycles. The molecule has 2 bridgehead atoms. The Hall–Kier alpha value is -0.770. The number of benzene rings is 1. The van der Waals surface area contributed by atoms with Crippen molar-refractivity contribution in [3.8, 4) is 0 Å². The van der Waals surface area contributed by atoms with Crippen LogP contribution in [0.3, 0.4) is 0 Å². The number of hydrogen-bond acceptors (Lipinski definition) is 3. The molecule has 0 aliphatic carbocycles. The van der Waals surface area contributed by atoms with E-state index < -0.39 is 0 Å². The van der Waals surface area contributed by atoms with Crippen molar-refractivity contribution in [2.75, 3.05) is 7.11 Å². The minimum absolute atomic E-state index is 0.362. The lowest BCUT2D eigenvalue weighted by molar-refractivity contribution is 0.204. The molecule has 3 nitrogen and oxygen atoms in total. The first-order valence-corrected chi connectivity index (χ1v) is 8.70. The molecule has 2 aliphatic rings. The summed E-state index contributed by atoms with van der Waals surface area (Å²) in [5, 5.41) is 9.30. The van der Waals surface area contributed by atoms with Gasteiger partial charge < -0.3 is 10.2 Å². The number of oxime groups is 1. The second-order valence-electron chi connectivity index (χ2n) is 6.21. The highest BCUT2D eigenvalue weighted by molar-refractivity contribution is 6.42. The van der Waals surface area contributed by atoms with Crippen LogP contribution in [0.15, 0.2) is 23.4 Å². The number of halogens is 2. The second-order valence-corrected chi connectivity index (χ2v) is 7.02. The van der Waals surface area contributed by atoms with Gasteiger partial charge in [-0.25, -0.2) is 0 Å². The molecule has 0 radical (unpaired) electrons. The molecule has 2 saturated heterocycles. The third-order valence-electron chi connectivity index (χ3n) is 5.01. The van der Waals surface area contributed by atoms with E-state index in [1.807, 2.05) is 12.1 Å². The van der Waals surface area contributed by atoms with Gasteiger partial charge in [0.05, 0.1) is 15.8 Å². The van der Waals surface area contributed by atoms with E-state index >= 15 is 0 Å². The van der Waals surface area contributed by atoms with Crippen LogP contribution in [0.1, 0.15) is 44.1 Å². The molecule has 0 amide bonds. The van der Waals surface area contributed by atoms with Crippen LogP contribution in [-0.2, 0) is 4.84 Å². The van der Waals surface area contributed by atoms with E-state index in [1.165, 1.54) is 18.4 Å². The molecule has 2 heterocycles. The molecule has 1 unspecified atom stereocenters. The Labute approximate surface area is 142 Å². The Kier molecular flexibility index (Phi) is 4.96. The summed E-state index contributed by atoms with van der Waals surface area (Å²) >= 11 is 12.3. The molecule has 4 atom stereocenters. The van der Waals surface area contributed by atoms with Crippen molar-refractivity contribution in [2.45, 2.75) is 50.6 Å². The summed E-state index contributed by atoms with van der Waals surface area (Å²) in [4.78, 5) is 5.09. The average molecular weight is 341 g/mol. The van der Waals surface area contributed by atoms with Crippen molar-refractivity contribution < 1.29 is 4.84 Å². The van der Waals surface area contributed by atoms with E-state index in [9.17, 15) is 0 Å². The Morgan fingerprint density at radius 1 is 1.32 bits per heavy atom. The number of piperidine rings is 1. The molecular formula is C17H22Cl2N2O. The van der Waals surface area contributed by atoms with Crippen LogP contribution >= 0.6 is 23.2 Å². The maximum absolute atomic E-state index is 6.24. The molecule has 5 heteroatoms. The van der Waals surface area contributed by atoms with Crippen LogP contribution in [0.5, 0.6) is 0 Å². The molecule has 2 aliphatic heterocycles. The first-order chi connectivity index (χ1) is 10.6. The van der Waals surface area contributed by atoms with Gasteiger partial charge in [-0.15, -0.1) is 0 Å². The Balaban J connectivity index is 1.98. The molecule has 3 rings (SSSR count). The fourth-order valence-corrected chi connectivity index (χ4v) is 4.39. The number of nitrogens with zero attached hydrogens (tertiary/aromatic N) is 1. The number of hydrogen-bond donors (Lipinski definition) is 1. The van der Waals surface area contributed by atoms with Crippen molar-refractivity contribution in [3.63, 3.8) is 0 Å². The van der Waals surface area contributed by atoms with E-state index in [0.29, 0.717) is 34.0 Å². The summed E-state index contributed by atoms with van der Waals surface area (Å²) < 4.78 is 0. The van der Waals surface area contributed by atoms with Crippen LogP contribution in [0.4, 0.5) is 0 Å². The fraction of sp³-hybridized carbons (Fsp3) is 0.588. The van der Waals surface area contributed by atoms with Gasteiger partial charge >= 0.3 is 0 Å². The number of nitrogens with one attached hydrogen (secondary N) is 1. The molecule has 0 aromatic heterocycles.